The van der Waals surface area contributed by atoms with E-state index in [-0.39, 0.29) is 17.7 Å². The van der Waals surface area contributed by atoms with Crippen molar-refractivity contribution < 1.29 is 23.1 Å². The Bertz CT molecular complexity index is 651. The monoisotopic (exact) mass is 313 g/mol. The highest BCUT2D eigenvalue weighted by Crippen LogP contribution is 2.24. The Morgan fingerprint density at radius 1 is 1.33 bits per heavy atom. The van der Waals surface area contributed by atoms with Crippen molar-refractivity contribution in [3.8, 4) is 0 Å². The molecule has 0 atom stereocenters. The summed E-state index contributed by atoms with van der Waals surface area (Å²) in [6.07, 6.45) is 0.128. The average molecular weight is 313 g/mol. The zero-order valence-electron chi connectivity index (χ0n) is 12.0. The van der Waals surface area contributed by atoms with Gasteiger partial charge >= 0.3 is 5.97 Å². The van der Waals surface area contributed by atoms with Gasteiger partial charge in [-0.3, -0.25) is 4.79 Å². The summed E-state index contributed by atoms with van der Waals surface area (Å²) in [7, 11) is -3.69. The minimum Gasteiger partial charge on any atom is -0.481 e. The van der Waals surface area contributed by atoms with E-state index < -0.39 is 21.5 Å². The average Bonchev–Trinajstić information content (AvgIpc) is 2.82. The van der Waals surface area contributed by atoms with Gasteiger partial charge in [-0.05, 0) is 43.5 Å². The molecule has 0 radical (unpaired) electrons. The van der Waals surface area contributed by atoms with Gasteiger partial charge in [0, 0.05) is 12.0 Å². The van der Waals surface area contributed by atoms with Crippen LogP contribution in [-0.2, 0) is 32.8 Å². The lowest BCUT2D eigenvalue weighted by Crippen LogP contribution is -2.43. The molecule has 1 heterocycles. The highest BCUT2D eigenvalue weighted by molar-refractivity contribution is 7.89. The van der Waals surface area contributed by atoms with E-state index in [1.165, 1.54) is 0 Å². The van der Waals surface area contributed by atoms with E-state index in [0.29, 0.717) is 13.2 Å². The van der Waals surface area contributed by atoms with E-state index in [1.54, 1.807) is 32.0 Å². The fraction of sp³-hybridized carbons (Fsp3) is 0.500. The van der Waals surface area contributed by atoms with Gasteiger partial charge in [-0.25, -0.2) is 13.1 Å². The predicted octanol–water partition coefficient (Wildman–Crippen LogP) is 1.64. The quantitative estimate of drug-likeness (QED) is 0.833. The van der Waals surface area contributed by atoms with E-state index in [9.17, 15) is 13.2 Å². The molecule has 7 heteroatoms. The predicted molar refractivity (Wildman–Crippen MR) is 76.2 cm³/mol. The van der Waals surface area contributed by atoms with Crippen molar-refractivity contribution in [3.05, 3.63) is 29.3 Å². The summed E-state index contributed by atoms with van der Waals surface area (Å²) in [6, 6.07) is 4.90. The molecule has 0 fully saturated rings. The number of hydrogen-bond donors (Lipinski definition) is 2. The summed E-state index contributed by atoms with van der Waals surface area (Å²) in [5.74, 6) is -0.947. The second kappa shape index (κ2) is 5.75. The van der Waals surface area contributed by atoms with Crippen LogP contribution in [0.1, 0.15) is 37.8 Å². The first-order chi connectivity index (χ1) is 9.70. The third kappa shape index (κ3) is 4.03. The SMILES string of the molecule is CC(C)(CCC(=O)O)NS(=O)(=O)c1ccc2c(c1)COC2. The van der Waals surface area contributed by atoms with Crippen LogP contribution in [0.2, 0.25) is 0 Å². The first kappa shape index (κ1) is 15.9. The van der Waals surface area contributed by atoms with Crippen molar-refractivity contribution >= 4 is 16.0 Å². The second-order valence-corrected chi connectivity index (χ2v) is 7.49. The molecular weight excluding hydrogens is 294 g/mol. The molecule has 2 N–H and O–H groups in total. The zero-order chi connectivity index (χ0) is 15.7. The van der Waals surface area contributed by atoms with Crippen molar-refractivity contribution in [2.24, 2.45) is 0 Å². The molecule has 116 valence electrons. The minimum absolute atomic E-state index is 0.0897. The molecule has 0 saturated heterocycles. The van der Waals surface area contributed by atoms with Crippen molar-refractivity contribution in [2.75, 3.05) is 0 Å². The van der Waals surface area contributed by atoms with Crippen molar-refractivity contribution in [1.29, 1.82) is 0 Å². The number of carboxylic acid groups (broad SMARTS) is 1. The topological polar surface area (TPSA) is 92.7 Å². The van der Waals surface area contributed by atoms with Gasteiger partial charge in [0.2, 0.25) is 10.0 Å². The van der Waals surface area contributed by atoms with Gasteiger partial charge in [-0.1, -0.05) is 6.07 Å². The van der Waals surface area contributed by atoms with E-state index >= 15 is 0 Å². The fourth-order valence-electron chi connectivity index (χ4n) is 2.21. The summed E-state index contributed by atoms with van der Waals surface area (Å²) < 4.78 is 32.6. The first-order valence-corrected chi connectivity index (χ1v) is 8.13. The van der Waals surface area contributed by atoms with Gasteiger partial charge in [0.15, 0.2) is 0 Å². The van der Waals surface area contributed by atoms with Gasteiger partial charge in [-0.2, -0.15) is 0 Å². The summed E-state index contributed by atoms with van der Waals surface area (Å²) >= 11 is 0. The first-order valence-electron chi connectivity index (χ1n) is 6.65. The molecule has 6 nitrogen and oxygen atoms in total. The van der Waals surface area contributed by atoms with Gasteiger partial charge in [0.25, 0.3) is 0 Å². The number of rotatable bonds is 6. The van der Waals surface area contributed by atoms with E-state index in [4.69, 9.17) is 9.84 Å². The molecule has 0 unspecified atom stereocenters. The van der Waals surface area contributed by atoms with Crippen LogP contribution in [0.3, 0.4) is 0 Å². The standard InChI is InChI=1S/C14H19NO5S/c1-14(2,6-5-13(16)17)15-21(18,19)12-4-3-10-8-20-9-11(10)7-12/h3-4,7,15H,5-6,8-9H2,1-2H3,(H,16,17). The van der Waals surface area contributed by atoms with Gasteiger partial charge in [0.1, 0.15) is 0 Å². The Morgan fingerprint density at radius 2 is 2.00 bits per heavy atom. The number of nitrogens with one attached hydrogen (secondary N) is 1. The summed E-state index contributed by atoms with van der Waals surface area (Å²) in [5, 5.41) is 8.71. The number of ether oxygens (including phenoxy) is 1. The van der Waals surface area contributed by atoms with Crippen LogP contribution in [0.25, 0.3) is 0 Å². The van der Waals surface area contributed by atoms with E-state index in [0.717, 1.165) is 11.1 Å². The third-order valence-corrected chi connectivity index (χ3v) is 5.07. The van der Waals surface area contributed by atoms with Crippen LogP contribution >= 0.6 is 0 Å². The Morgan fingerprint density at radius 3 is 2.67 bits per heavy atom. The van der Waals surface area contributed by atoms with Crippen LogP contribution in [0.15, 0.2) is 23.1 Å². The number of carboxylic acids is 1. The molecule has 0 saturated carbocycles. The van der Waals surface area contributed by atoms with Crippen molar-refractivity contribution in [3.63, 3.8) is 0 Å². The van der Waals surface area contributed by atoms with Crippen LogP contribution in [0.4, 0.5) is 0 Å². The molecule has 2 rings (SSSR count). The molecule has 0 bridgehead atoms. The normalized spacial score (nSPS) is 15.0. The molecule has 0 aromatic heterocycles. The molecule has 1 aromatic carbocycles. The largest absolute Gasteiger partial charge is 0.481 e. The Labute approximate surface area is 124 Å². The van der Waals surface area contributed by atoms with Crippen LogP contribution in [-0.4, -0.2) is 25.0 Å². The number of sulfonamides is 1. The lowest BCUT2D eigenvalue weighted by Gasteiger charge is -2.25. The molecule has 0 spiro atoms. The maximum Gasteiger partial charge on any atom is 0.303 e. The smallest absolute Gasteiger partial charge is 0.303 e. The zero-order valence-corrected chi connectivity index (χ0v) is 12.9. The molecule has 1 aliphatic rings. The molecule has 0 amide bonds. The summed E-state index contributed by atoms with van der Waals surface area (Å²) in [6.45, 7) is 4.27. The Hall–Kier alpha value is -1.44. The maximum atomic E-state index is 12.4. The number of aliphatic carboxylic acids is 1. The summed E-state index contributed by atoms with van der Waals surface area (Å²) in [4.78, 5) is 10.8. The number of hydrogen-bond acceptors (Lipinski definition) is 4. The number of fused-ring (bicyclic) bond motifs is 1. The van der Waals surface area contributed by atoms with Crippen LogP contribution in [0.5, 0.6) is 0 Å². The van der Waals surface area contributed by atoms with Crippen molar-refractivity contribution in [2.45, 2.75) is 50.3 Å². The highest BCUT2D eigenvalue weighted by Gasteiger charge is 2.27. The molecule has 0 aliphatic carbocycles. The minimum atomic E-state index is -3.69. The second-order valence-electron chi connectivity index (χ2n) is 5.81. The van der Waals surface area contributed by atoms with Crippen LogP contribution < -0.4 is 4.72 Å². The Balaban J connectivity index is 2.16. The number of carbonyl (C=O) groups is 1. The summed E-state index contributed by atoms with van der Waals surface area (Å²) in [5.41, 5.74) is 1.05. The maximum absolute atomic E-state index is 12.4. The Kier molecular flexibility index (Phi) is 4.36. The van der Waals surface area contributed by atoms with Gasteiger partial charge < -0.3 is 9.84 Å². The molecule has 21 heavy (non-hydrogen) atoms. The third-order valence-electron chi connectivity index (χ3n) is 3.38. The lowest BCUT2D eigenvalue weighted by atomic mass is 10.0. The van der Waals surface area contributed by atoms with Gasteiger partial charge in [0.05, 0.1) is 18.1 Å². The van der Waals surface area contributed by atoms with Crippen molar-refractivity contribution in [1.82, 2.24) is 4.72 Å². The highest BCUT2D eigenvalue weighted by atomic mass is 32.2. The van der Waals surface area contributed by atoms with Crippen LogP contribution in [0, 0.1) is 0 Å². The van der Waals surface area contributed by atoms with E-state index in [1.807, 2.05) is 0 Å². The molecule has 1 aliphatic heterocycles. The number of benzene rings is 1. The van der Waals surface area contributed by atoms with E-state index in [2.05, 4.69) is 4.72 Å². The molecular formula is C14H19NO5S. The molecule has 1 aromatic rings. The van der Waals surface area contributed by atoms with Gasteiger partial charge in [-0.15, -0.1) is 0 Å². The lowest BCUT2D eigenvalue weighted by molar-refractivity contribution is -0.137. The fourth-order valence-corrected chi connectivity index (χ4v) is 3.70.